The van der Waals surface area contributed by atoms with Crippen molar-refractivity contribution >= 4 is 10.9 Å². The number of aliphatic hydroxyl groups excluding tert-OH is 1. The Morgan fingerprint density at radius 2 is 2.16 bits per heavy atom. The number of nitrogens with one attached hydrogen (secondary N) is 1. The van der Waals surface area contributed by atoms with Crippen molar-refractivity contribution in [3.05, 3.63) is 70.4 Å². The van der Waals surface area contributed by atoms with Gasteiger partial charge in [0.1, 0.15) is 11.9 Å². The molecular formula is C20H22N2O3. The predicted octanol–water partition coefficient (Wildman–Crippen LogP) is 3.21. The van der Waals surface area contributed by atoms with Crippen molar-refractivity contribution in [2.45, 2.75) is 38.0 Å². The zero-order valence-electron chi connectivity index (χ0n) is 14.0. The third-order valence-electron chi connectivity index (χ3n) is 5.07. The average molecular weight is 338 g/mol. The number of aromatic nitrogens is 1. The fourth-order valence-corrected chi connectivity index (χ4v) is 3.75. The van der Waals surface area contributed by atoms with E-state index in [4.69, 9.17) is 4.42 Å². The number of benzene rings is 1. The monoisotopic (exact) mass is 338 g/mol. The highest BCUT2D eigenvalue weighted by atomic mass is 16.4. The van der Waals surface area contributed by atoms with E-state index in [1.165, 1.54) is 0 Å². The molecule has 0 bridgehead atoms. The van der Waals surface area contributed by atoms with E-state index in [0.717, 1.165) is 35.9 Å². The van der Waals surface area contributed by atoms with Gasteiger partial charge in [-0.05, 0) is 55.5 Å². The molecule has 1 saturated heterocycles. The molecular weight excluding hydrogens is 316 g/mol. The Hall–Kier alpha value is -2.37. The first-order valence-electron chi connectivity index (χ1n) is 8.77. The van der Waals surface area contributed by atoms with Crippen molar-refractivity contribution in [1.29, 1.82) is 0 Å². The van der Waals surface area contributed by atoms with Gasteiger partial charge in [0.05, 0.1) is 6.26 Å². The fraction of sp³-hybridized carbons (Fsp3) is 0.350. The molecule has 0 radical (unpaired) electrons. The van der Waals surface area contributed by atoms with Gasteiger partial charge in [0.25, 0.3) is 5.56 Å². The largest absolute Gasteiger partial charge is 0.467 e. The number of aliphatic hydroxyl groups is 1. The number of para-hydroxylation sites is 1. The smallest absolute Gasteiger partial charge is 0.252 e. The average Bonchev–Trinajstić information content (AvgIpc) is 3.28. The van der Waals surface area contributed by atoms with Gasteiger partial charge >= 0.3 is 0 Å². The summed E-state index contributed by atoms with van der Waals surface area (Å²) in [4.78, 5) is 17.7. The van der Waals surface area contributed by atoms with Crippen molar-refractivity contribution < 1.29 is 9.52 Å². The maximum Gasteiger partial charge on any atom is 0.252 e. The van der Waals surface area contributed by atoms with Crippen LogP contribution in [0.15, 0.2) is 57.9 Å². The summed E-state index contributed by atoms with van der Waals surface area (Å²) >= 11 is 0. The molecule has 0 saturated carbocycles. The van der Waals surface area contributed by atoms with E-state index in [0.29, 0.717) is 18.7 Å². The minimum absolute atomic E-state index is 0.0315. The van der Waals surface area contributed by atoms with Gasteiger partial charge < -0.3 is 14.5 Å². The Morgan fingerprint density at radius 1 is 1.28 bits per heavy atom. The van der Waals surface area contributed by atoms with Gasteiger partial charge in [-0.3, -0.25) is 9.69 Å². The Labute approximate surface area is 145 Å². The summed E-state index contributed by atoms with van der Waals surface area (Å²) < 4.78 is 5.30. The summed E-state index contributed by atoms with van der Waals surface area (Å²) in [5.41, 5.74) is 1.61. The third-order valence-corrected chi connectivity index (χ3v) is 5.07. The fourth-order valence-electron chi connectivity index (χ4n) is 3.75. The minimum atomic E-state index is -0.601. The van der Waals surface area contributed by atoms with Crippen LogP contribution in [0.2, 0.25) is 0 Å². The van der Waals surface area contributed by atoms with Gasteiger partial charge in [0.15, 0.2) is 0 Å². The lowest BCUT2D eigenvalue weighted by Crippen LogP contribution is -2.32. The van der Waals surface area contributed by atoms with E-state index in [1.54, 1.807) is 18.4 Å². The molecule has 5 heteroatoms. The molecule has 1 aromatic carbocycles. The number of rotatable bonds is 5. The number of fused-ring (bicyclic) bond motifs is 1. The number of hydrogen-bond acceptors (Lipinski definition) is 4. The van der Waals surface area contributed by atoms with E-state index in [1.807, 2.05) is 30.3 Å². The topological polar surface area (TPSA) is 69.5 Å². The Kier molecular flexibility index (Phi) is 4.42. The van der Waals surface area contributed by atoms with Crippen molar-refractivity contribution in [3.63, 3.8) is 0 Å². The second-order valence-corrected chi connectivity index (χ2v) is 6.74. The number of nitrogens with zero attached hydrogens (tertiary/aromatic N) is 1. The summed E-state index contributed by atoms with van der Waals surface area (Å²) in [5.74, 6) is 0.607. The van der Waals surface area contributed by atoms with Crippen LogP contribution in [0.4, 0.5) is 0 Å². The number of aromatic amines is 1. The molecule has 25 heavy (non-hydrogen) atoms. The van der Waals surface area contributed by atoms with Crippen LogP contribution in [-0.2, 0) is 6.54 Å². The normalized spacial score (nSPS) is 19.5. The zero-order valence-corrected chi connectivity index (χ0v) is 14.0. The van der Waals surface area contributed by atoms with Gasteiger partial charge in [-0.2, -0.15) is 0 Å². The molecule has 4 rings (SSSR count). The molecule has 130 valence electrons. The molecule has 1 aliphatic rings. The van der Waals surface area contributed by atoms with E-state index in [-0.39, 0.29) is 11.6 Å². The molecule has 2 aromatic heterocycles. The molecule has 3 heterocycles. The van der Waals surface area contributed by atoms with E-state index < -0.39 is 6.10 Å². The molecule has 0 aliphatic carbocycles. The van der Waals surface area contributed by atoms with Gasteiger partial charge in [-0.15, -0.1) is 0 Å². The molecule has 2 unspecified atom stereocenters. The summed E-state index contributed by atoms with van der Waals surface area (Å²) in [6, 6.07) is 13.7. The van der Waals surface area contributed by atoms with Crippen molar-refractivity contribution in [1.82, 2.24) is 9.88 Å². The molecule has 5 nitrogen and oxygen atoms in total. The highest BCUT2D eigenvalue weighted by Crippen LogP contribution is 2.28. The van der Waals surface area contributed by atoms with Crippen LogP contribution in [0.1, 0.15) is 36.7 Å². The number of H-pyrrole nitrogens is 1. The van der Waals surface area contributed by atoms with Crippen LogP contribution in [-0.4, -0.2) is 27.6 Å². The quantitative estimate of drug-likeness (QED) is 0.749. The lowest BCUT2D eigenvalue weighted by molar-refractivity contribution is 0.0994. The molecule has 1 fully saturated rings. The van der Waals surface area contributed by atoms with Crippen molar-refractivity contribution in [2.24, 2.45) is 0 Å². The molecule has 0 amide bonds. The highest BCUT2D eigenvalue weighted by molar-refractivity contribution is 5.78. The predicted molar refractivity (Wildman–Crippen MR) is 96.3 cm³/mol. The second kappa shape index (κ2) is 6.86. The number of furan rings is 1. The van der Waals surface area contributed by atoms with Crippen LogP contribution < -0.4 is 5.56 Å². The van der Waals surface area contributed by atoms with Crippen LogP contribution in [0, 0.1) is 0 Å². The first-order valence-corrected chi connectivity index (χ1v) is 8.77. The van der Waals surface area contributed by atoms with Gasteiger partial charge in [-0.1, -0.05) is 18.2 Å². The molecule has 0 spiro atoms. The summed E-state index contributed by atoms with van der Waals surface area (Å²) in [6.45, 7) is 1.55. The van der Waals surface area contributed by atoms with Gasteiger partial charge in [-0.25, -0.2) is 0 Å². The Morgan fingerprint density at radius 3 is 3.00 bits per heavy atom. The first-order chi connectivity index (χ1) is 12.2. The number of likely N-dealkylation sites (tertiary alicyclic amines) is 1. The lowest BCUT2D eigenvalue weighted by atomic mass is 10.0. The Balaban J connectivity index is 1.51. The van der Waals surface area contributed by atoms with E-state index in [2.05, 4.69) is 9.88 Å². The second-order valence-electron chi connectivity index (χ2n) is 6.74. The molecule has 2 atom stereocenters. The van der Waals surface area contributed by atoms with Crippen molar-refractivity contribution in [2.75, 3.05) is 6.54 Å². The summed E-state index contributed by atoms with van der Waals surface area (Å²) in [6.07, 6.45) is 3.72. The molecule has 1 aliphatic heterocycles. The van der Waals surface area contributed by atoms with E-state index >= 15 is 0 Å². The minimum Gasteiger partial charge on any atom is -0.467 e. The lowest BCUT2D eigenvalue weighted by Gasteiger charge is -2.25. The van der Waals surface area contributed by atoms with E-state index in [9.17, 15) is 9.90 Å². The number of hydrogen-bond donors (Lipinski definition) is 2. The molecule has 3 aromatic rings. The Bertz CT molecular complexity index is 901. The summed E-state index contributed by atoms with van der Waals surface area (Å²) in [7, 11) is 0. The zero-order chi connectivity index (χ0) is 17.2. The van der Waals surface area contributed by atoms with Gasteiger partial charge in [0, 0.05) is 23.7 Å². The first kappa shape index (κ1) is 16.1. The maximum atomic E-state index is 12.4. The standard InChI is InChI=1S/C20H22N2O3/c23-18(19-8-4-10-25-19)12-16-6-3-9-22(16)13-15-11-14-5-1-2-7-17(14)21-20(15)24/h1-2,4-5,7-8,10-11,16,18,23H,3,6,9,12-13H2,(H,21,24). The third kappa shape index (κ3) is 3.38. The van der Waals surface area contributed by atoms with Crippen molar-refractivity contribution in [3.8, 4) is 0 Å². The van der Waals surface area contributed by atoms with Crippen LogP contribution in [0.3, 0.4) is 0 Å². The van der Waals surface area contributed by atoms with Gasteiger partial charge in [0.2, 0.25) is 0 Å². The molecule has 2 N–H and O–H groups in total. The SMILES string of the molecule is O=c1[nH]c2ccccc2cc1CN1CCCC1CC(O)c1ccco1. The van der Waals surface area contributed by atoms with Crippen LogP contribution in [0.5, 0.6) is 0 Å². The maximum absolute atomic E-state index is 12.4. The summed E-state index contributed by atoms with van der Waals surface area (Å²) in [5, 5.41) is 11.4. The van der Waals surface area contributed by atoms with Crippen LogP contribution >= 0.6 is 0 Å². The number of pyridine rings is 1. The highest BCUT2D eigenvalue weighted by Gasteiger charge is 2.28. The van der Waals surface area contributed by atoms with Crippen LogP contribution in [0.25, 0.3) is 10.9 Å².